The van der Waals surface area contributed by atoms with E-state index in [1.807, 2.05) is 61.5 Å². The number of para-hydroxylation sites is 1. The second kappa shape index (κ2) is 6.24. The number of aryl methyl sites for hydroxylation is 1. The lowest BCUT2D eigenvalue weighted by molar-refractivity contribution is -0.124. The monoisotopic (exact) mass is 269 g/mol. The van der Waals surface area contributed by atoms with Gasteiger partial charge < -0.3 is 9.64 Å². The maximum absolute atomic E-state index is 12.3. The second-order valence-corrected chi connectivity index (χ2v) is 4.81. The van der Waals surface area contributed by atoms with E-state index in [0.29, 0.717) is 5.75 Å². The molecule has 104 valence electrons. The van der Waals surface area contributed by atoms with Crippen molar-refractivity contribution in [3.05, 3.63) is 60.2 Å². The smallest absolute Gasteiger partial charge is 0.267 e. The summed E-state index contributed by atoms with van der Waals surface area (Å²) < 4.78 is 5.71. The van der Waals surface area contributed by atoms with Crippen LogP contribution in [-0.2, 0) is 4.79 Å². The van der Waals surface area contributed by atoms with Crippen LogP contribution in [0, 0.1) is 6.92 Å². The molecule has 0 bridgehead atoms. The molecule has 1 amide bonds. The maximum atomic E-state index is 12.3. The van der Waals surface area contributed by atoms with Crippen molar-refractivity contribution in [1.29, 1.82) is 0 Å². The zero-order chi connectivity index (χ0) is 14.5. The van der Waals surface area contributed by atoms with Crippen LogP contribution in [0.15, 0.2) is 54.6 Å². The molecule has 0 saturated heterocycles. The average molecular weight is 269 g/mol. The number of carbonyl (C=O) groups is 1. The van der Waals surface area contributed by atoms with Gasteiger partial charge in [-0.3, -0.25) is 4.79 Å². The number of ether oxygens (including phenoxy) is 1. The number of hydrogen-bond acceptors (Lipinski definition) is 2. The van der Waals surface area contributed by atoms with Gasteiger partial charge in [-0.05, 0) is 43.7 Å². The first-order chi connectivity index (χ1) is 9.58. The summed E-state index contributed by atoms with van der Waals surface area (Å²) >= 11 is 0. The van der Waals surface area contributed by atoms with E-state index < -0.39 is 6.10 Å². The highest BCUT2D eigenvalue weighted by atomic mass is 16.5. The second-order valence-electron chi connectivity index (χ2n) is 4.81. The molecule has 3 nitrogen and oxygen atoms in total. The molecule has 0 aromatic heterocycles. The molecule has 0 spiro atoms. The molecule has 0 saturated carbocycles. The molecule has 2 aromatic rings. The van der Waals surface area contributed by atoms with Gasteiger partial charge >= 0.3 is 0 Å². The zero-order valence-corrected chi connectivity index (χ0v) is 12.0. The Hall–Kier alpha value is -2.29. The molecule has 20 heavy (non-hydrogen) atoms. The van der Waals surface area contributed by atoms with E-state index in [0.717, 1.165) is 11.3 Å². The van der Waals surface area contributed by atoms with Gasteiger partial charge in [-0.2, -0.15) is 0 Å². The van der Waals surface area contributed by atoms with Crippen molar-refractivity contribution < 1.29 is 9.53 Å². The molecule has 0 aliphatic rings. The largest absolute Gasteiger partial charge is 0.481 e. The minimum absolute atomic E-state index is 0.0716. The normalized spacial score (nSPS) is 11.8. The topological polar surface area (TPSA) is 29.5 Å². The van der Waals surface area contributed by atoms with E-state index in [1.54, 1.807) is 18.9 Å². The van der Waals surface area contributed by atoms with Crippen LogP contribution in [0.5, 0.6) is 5.75 Å². The third-order valence-corrected chi connectivity index (χ3v) is 3.12. The van der Waals surface area contributed by atoms with E-state index in [4.69, 9.17) is 4.74 Å². The number of nitrogens with zero attached hydrogens (tertiary/aromatic N) is 1. The minimum atomic E-state index is -0.526. The van der Waals surface area contributed by atoms with Gasteiger partial charge in [0, 0.05) is 12.7 Å². The molecule has 2 aromatic carbocycles. The fourth-order valence-electron chi connectivity index (χ4n) is 1.99. The van der Waals surface area contributed by atoms with E-state index in [1.165, 1.54) is 0 Å². The van der Waals surface area contributed by atoms with E-state index in [-0.39, 0.29) is 5.91 Å². The number of amides is 1. The molecule has 0 radical (unpaired) electrons. The Morgan fingerprint density at radius 1 is 1.10 bits per heavy atom. The Morgan fingerprint density at radius 2 is 1.80 bits per heavy atom. The summed E-state index contributed by atoms with van der Waals surface area (Å²) in [5.41, 5.74) is 1.97. The third-order valence-electron chi connectivity index (χ3n) is 3.12. The highest BCUT2D eigenvalue weighted by Crippen LogP contribution is 2.17. The van der Waals surface area contributed by atoms with Gasteiger partial charge in [0.25, 0.3) is 5.91 Å². The van der Waals surface area contributed by atoms with E-state index >= 15 is 0 Å². The number of hydrogen-bond donors (Lipinski definition) is 0. The molecule has 3 heteroatoms. The molecule has 0 heterocycles. The van der Waals surface area contributed by atoms with Gasteiger partial charge in [0.05, 0.1) is 0 Å². The number of benzene rings is 2. The molecule has 0 aliphatic carbocycles. The van der Waals surface area contributed by atoms with Crippen molar-refractivity contribution in [2.75, 3.05) is 11.9 Å². The van der Waals surface area contributed by atoms with Crippen molar-refractivity contribution in [2.45, 2.75) is 20.0 Å². The molecular formula is C17H19NO2. The minimum Gasteiger partial charge on any atom is -0.481 e. The zero-order valence-electron chi connectivity index (χ0n) is 12.0. The predicted octanol–water partition coefficient (Wildman–Crippen LogP) is 3.43. The number of anilines is 1. The molecule has 0 N–H and O–H groups in total. The Balaban J connectivity index is 2.05. The summed E-state index contributed by atoms with van der Waals surface area (Å²) in [6.07, 6.45) is -0.526. The Morgan fingerprint density at radius 3 is 2.45 bits per heavy atom. The van der Waals surface area contributed by atoms with E-state index in [9.17, 15) is 4.79 Å². The fraction of sp³-hybridized carbons (Fsp3) is 0.235. The van der Waals surface area contributed by atoms with Gasteiger partial charge in [0.1, 0.15) is 5.75 Å². The van der Waals surface area contributed by atoms with Crippen LogP contribution in [0.2, 0.25) is 0 Å². The van der Waals surface area contributed by atoms with Gasteiger partial charge in [0.15, 0.2) is 6.10 Å². The van der Waals surface area contributed by atoms with Crippen LogP contribution in [0.1, 0.15) is 12.5 Å². The van der Waals surface area contributed by atoms with Crippen LogP contribution < -0.4 is 9.64 Å². The summed E-state index contributed by atoms with van der Waals surface area (Å²) in [7, 11) is 1.76. The number of rotatable bonds is 4. The molecule has 2 rings (SSSR count). The van der Waals surface area contributed by atoms with Gasteiger partial charge in [-0.1, -0.05) is 30.3 Å². The highest BCUT2D eigenvalue weighted by molar-refractivity contribution is 5.95. The SMILES string of the molecule is Cc1cccc(OC(C)C(=O)N(C)c2ccccc2)c1. The van der Waals surface area contributed by atoms with Crippen LogP contribution in [0.3, 0.4) is 0 Å². The number of carbonyl (C=O) groups excluding carboxylic acids is 1. The van der Waals surface area contributed by atoms with Gasteiger partial charge in [0.2, 0.25) is 0 Å². The molecule has 1 unspecified atom stereocenters. The van der Waals surface area contributed by atoms with Crippen molar-refractivity contribution in [1.82, 2.24) is 0 Å². The summed E-state index contributed by atoms with van der Waals surface area (Å²) in [5.74, 6) is 0.644. The van der Waals surface area contributed by atoms with Crippen LogP contribution in [0.4, 0.5) is 5.69 Å². The quantitative estimate of drug-likeness (QED) is 0.851. The fourth-order valence-corrected chi connectivity index (χ4v) is 1.99. The molecule has 0 fully saturated rings. The van der Waals surface area contributed by atoms with Crippen LogP contribution in [0.25, 0.3) is 0 Å². The highest BCUT2D eigenvalue weighted by Gasteiger charge is 2.20. The van der Waals surface area contributed by atoms with Crippen LogP contribution >= 0.6 is 0 Å². The van der Waals surface area contributed by atoms with Crippen molar-refractivity contribution in [2.24, 2.45) is 0 Å². The predicted molar refractivity (Wildman–Crippen MR) is 81.1 cm³/mol. The van der Waals surface area contributed by atoms with Crippen LogP contribution in [-0.4, -0.2) is 19.1 Å². The first-order valence-electron chi connectivity index (χ1n) is 6.64. The molecule has 0 aliphatic heterocycles. The lowest BCUT2D eigenvalue weighted by Crippen LogP contribution is -2.37. The molecular weight excluding hydrogens is 250 g/mol. The van der Waals surface area contributed by atoms with Crippen molar-refractivity contribution >= 4 is 11.6 Å². The third kappa shape index (κ3) is 3.38. The summed E-state index contributed by atoms with van der Waals surface area (Å²) in [6, 6.07) is 17.2. The summed E-state index contributed by atoms with van der Waals surface area (Å²) in [5, 5.41) is 0. The standard InChI is InChI=1S/C17H19NO2/c1-13-8-7-11-16(12-13)20-14(2)17(19)18(3)15-9-5-4-6-10-15/h4-12,14H,1-3H3. The lowest BCUT2D eigenvalue weighted by atomic mass is 10.2. The Kier molecular flexibility index (Phi) is 4.41. The number of likely N-dealkylation sites (N-methyl/N-ethyl adjacent to an activating group) is 1. The lowest BCUT2D eigenvalue weighted by Gasteiger charge is -2.22. The van der Waals surface area contributed by atoms with Crippen molar-refractivity contribution in [3.8, 4) is 5.75 Å². The summed E-state index contributed by atoms with van der Waals surface area (Å²) in [4.78, 5) is 13.9. The molecule has 1 atom stereocenters. The van der Waals surface area contributed by atoms with Gasteiger partial charge in [-0.15, -0.1) is 0 Å². The average Bonchev–Trinajstić information content (AvgIpc) is 2.46. The maximum Gasteiger partial charge on any atom is 0.267 e. The first kappa shape index (κ1) is 14.1. The van der Waals surface area contributed by atoms with Crippen molar-refractivity contribution in [3.63, 3.8) is 0 Å². The van der Waals surface area contributed by atoms with Gasteiger partial charge in [-0.25, -0.2) is 0 Å². The summed E-state index contributed by atoms with van der Waals surface area (Å²) in [6.45, 7) is 3.76. The van der Waals surface area contributed by atoms with E-state index in [2.05, 4.69) is 0 Å². The Labute approximate surface area is 119 Å². The first-order valence-corrected chi connectivity index (χ1v) is 6.64. The Bertz CT molecular complexity index is 581.